The summed E-state index contributed by atoms with van der Waals surface area (Å²) in [6.45, 7) is 0. The van der Waals surface area contributed by atoms with Crippen LogP contribution in [-0.4, -0.2) is 7.11 Å². The van der Waals surface area contributed by atoms with Gasteiger partial charge in [0.1, 0.15) is 17.4 Å². The number of nitrogen functional groups attached to an aromatic ring is 1. The van der Waals surface area contributed by atoms with Crippen molar-refractivity contribution in [3.05, 3.63) is 48.0 Å². The maximum absolute atomic E-state index is 13.5. The number of benzene rings is 2. The summed E-state index contributed by atoms with van der Waals surface area (Å²) in [5.74, 6) is -0.736. The molecule has 0 bridgehead atoms. The second kappa shape index (κ2) is 4.91. The van der Waals surface area contributed by atoms with Crippen molar-refractivity contribution in [2.45, 2.75) is 0 Å². The quantitative estimate of drug-likeness (QED) is 0.822. The van der Waals surface area contributed by atoms with E-state index in [4.69, 9.17) is 10.5 Å². The molecule has 3 N–H and O–H groups in total. The Morgan fingerprint density at radius 3 is 2.56 bits per heavy atom. The maximum atomic E-state index is 13.5. The number of hydrogen-bond acceptors (Lipinski definition) is 3. The Bertz CT molecular complexity index is 573. The van der Waals surface area contributed by atoms with Crippen molar-refractivity contribution in [1.82, 2.24) is 0 Å². The molecule has 0 saturated carbocycles. The van der Waals surface area contributed by atoms with E-state index < -0.39 is 11.6 Å². The first-order chi connectivity index (χ1) is 8.58. The summed E-state index contributed by atoms with van der Waals surface area (Å²) in [5, 5.41) is 2.81. The second-order valence-electron chi connectivity index (χ2n) is 3.74. The molecule has 0 aliphatic rings. The lowest BCUT2D eigenvalue weighted by Crippen LogP contribution is -1.97. The number of anilines is 3. The molecule has 2 aromatic carbocycles. The summed E-state index contributed by atoms with van der Waals surface area (Å²) in [4.78, 5) is 0. The van der Waals surface area contributed by atoms with Gasteiger partial charge in [0.25, 0.3) is 0 Å². The molecule has 0 saturated heterocycles. The number of hydrogen-bond donors (Lipinski definition) is 2. The highest BCUT2D eigenvalue weighted by molar-refractivity contribution is 5.66. The molecule has 0 spiro atoms. The van der Waals surface area contributed by atoms with Gasteiger partial charge in [-0.15, -0.1) is 0 Å². The van der Waals surface area contributed by atoms with E-state index in [-0.39, 0.29) is 5.69 Å². The van der Waals surface area contributed by atoms with Crippen molar-refractivity contribution in [3.63, 3.8) is 0 Å². The minimum absolute atomic E-state index is 0.170. The molecule has 0 heterocycles. The van der Waals surface area contributed by atoms with Crippen molar-refractivity contribution < 1.29 is 13.5 Å². The van der Waals surface area contributed by atoms with Crippen LogP contribution >= 0.6 is 0 Å². The van der Waals surface area contributed by atoms with Crippen molar-refractivity contribution in [1.29, 1.82) is 0 Å². The Labute approximate surface area is 103 Å². The Hall–Kier alpha value is -2.30. The third-order valence-corrected chi connectivity index (χ3v) is 2.37. The number of rotatable bonds is 3. The molecule has 2 rings (SSSR count). The first kappa shape index (κ1) is 12.2. The van der Waals surface area contributed by atoms with Gasteiger partial charge < -0.3 is 15.8 Å². The first-order valence-corrected chi connectivity index (χ1v) is 5.25. The number of nitrogens with one attached hydrogen (secondary N) is 1. The highest BCUT2D eigenvalue weighted by Crippen LogP contribution is 2.26. The van der Waals surface area contributed by atoms with Gasteiger partial charge in [-0.1, -0.05) is 0 Å². The van der Waals surface area contributed by atoms with Gasteiger partial charge in [-0.25, -0.2) is 8.78 Å². The van der Waals surface area contributed by atoms with Gasteiger partial charge in [0.15, 0.2) is 0 Å². The normalized spacial score (nSPS) is 10.2. The van der Waals surface area contributed by atoms with E-state index in [9.17, 15) is 8.78 Å². The molecule has 0 amide bonds. The van der Waals surface area contributed by atoms with E-state index in [0.29, 0.717) is 17.1 Å². The first-order valence-electron chi connectivity index (χ1n) is 5.25. The number of halogens is 2. The van der Waals surface area contributed by atoms with Crippen molar-refractivity contribution >= 4 is 17.1 Å². The summed E-state index contributed by atoms with van der Waals surface area (Å²) < 4.78 is 31.3. The molecule has 0 unspecified atom stereocenters. The molecular weight excluding hydrogens is 238 g/mol. The summed E-state index contributed by atoms with van der Waals surface area (Å²) in [6.07, 6.45) is 0. The topological polar surface area (TPSA) is 47.3 Å². The monoisotopic (exact) mass is 250 g/mol. The van der Waals surface area contributed by atoms with Crippen LogP contribution in [0.3, 0.4) is 0 Å². The molecule has 2 aromatic rings. The molecule has 0 aliphatic carbocycles. The van der Waals surface area contributed by atoms with Crippen molar-refractivity contribution in [3.8, 4) is 5.75 Å². The van der Waals surface area contributed by atoms with Crippen LogP contribution < -0.4 is 15.8 Å². The standard InChI is InChI=1S/C13H12F2N2O/c1-18-11-6-9(16)5-10(7-11)17-13-3-2-8(14)4-12(13)15/h2-7,17H,16H2,1H3. The summed E-state index contributed by atoms with van der Waals surface area (Å²) in [7, 11) is 1.51. The Morgan fingerprint density at radius 2 is 1.89 bits per heavy atom. The van der Waals surface area contributed by atoms with Crippen LogP contribution in [0.2, 0.25) is 0 Å². The van der Waals surface area contributed by atoms with E-state index in [1.165, 1.54) is 19.2 Å². The zero-order chi connectivity index (χ0) is 13.1. The number of nitrogens with two attached hydrogens (primary N) is 1. The lowest BCUT2D eigenvalue weighted by Gasteiger charge is -2.10. The predicted octanol–water partition coefficient (Wildman–Crippen LogP) is 3.30. The molecule has 0 atom stereocenters. The Balaban J connectivity index is 2.30. The SMILES string of the molecule is COc1cc(N)cc(Nc2ccc(F)cc2F)c1. The molecular formula is C13H12F2N2O. The zero-order valence-electron chi connectivity index (χ0n) is 9.71. The average Bonchev–Trinajstić information content (AvgIpc) is 2.32. The van der Waals surface area contributed by atoms with E-state index in [2.05, 4.69) is 5.32 Å². The minimum Gasteiger partial charge on any atom is -0.497 e. The molecule has 0 aromatic heterocycles. The fourth-order valence-electron chi connectivity index (χ4n) is 1.56. The number of methoxy groups -OCH3 is 1. The average molecular weight is 250 g/mol. The Kier molecular flexibility index (Phi) is 3.32. The van der Waals surface area contributed by atoms with Crippen LogP contribution in [0.15, 0.2) is 36.4 Å². The van der Waals surface area contributed by atoms with Crippen LogP contribution in [0.5, 0.6) is 5.75 Å². The molecule has 5 heteroatoms. The van der Waals surface area contributed by atoms with Gasteiger partial charge in [0.05, 0.1) is 12.8 Å². The molecule has 0 fully saturated rings. The summed E-state index contributed by atoms with van der Waals surface area (Å²) in [5.41, 5.74) is 6.90. The molecule has 0 aliphatic heterocycles. The molecule has 3 nitrogen and oxygen atoms in total. The van der Waals surface area contributed by atoms with E-state index in [0.717, 1.165) is 6.07 Å². The van der Waals surface area contributed by atoms with E-state index in [1.54, 1.807) is 18.2 Å². The predicted molar refractivity (Wildman–Crippen MR) is 67.0 cm³/mol. The highest BCUT2D eigenvalue weighted by atomic mass is 19.1. The van der Waals surface area contributed by atoms with Gasteiger partial charge >= 0.3 is 0 Å². The third kappa shape index (κ3) is 2.68. The third-order valence-electron chi connectivity index (χ3n) is 2.37. The fraction of sp³-hybridized carbons (Fsp3) is 0.0769. The van der Waals surface area contributed by atoms with E-state index >= 15 is 0 Å². The summed E-state index contributed by atoms with van der Waals surface area (Å²) >= 11 is 0. The van der Waals surface area contributed by atoms with Crippen LogP contribution in [-0.2, 0) is 0 Å². The van der Waals surface area contributed by atoms with Crippen LogP contribution in [0.25, 0.3) is 0 Å². The summed E-state index contributed by atoms with van der Waals surface area (Å²) in [6, 6.07) is 8.25. The molecule has 0 radical (unpaired) electrons. The largest absolute Gasteiger partial charge is 0.497 e. The van der Waals surface area contributed by atoms with Gasteiger partial charge in [0, 0.05) is 29.6 Å². The van der Waals surface area contributed by atoms with Crippen LogP contribution in [0.1, 0.15) is 0 Å². The van der Waals surface area contributed by atoms with Crippen molar-refractivity contribution in [2.75, 3.05) is 18.2 Å². The van der Waals surface area contributed by atoms with E-state index in [1.807, 2.05) is 0 Å². The number of ether oxygens (including phenoxy) is 1. The van der Waals surface area contributed by atoms with Gasteiger partial charge in [-0.05, 0) is 18.2 Å². The molecule has 94 valence electrons. The molecule has 18 heavy (non-hydrogen) atoms. The van der Waals surface area contributed by atoms with Gasteiger partial charge in [0.2, 0.25) is 0 Å². The van der Waals surface area contributed by atoms with Crippen molar-refractivity contribution in [2.24, 2.45) is 0 Å². The minimum atomic E-state index is -0.670. The zero-order valence-corrected chi connectivity index (χ0v) is 9.71. The maximum Gasteiger partial charge on any atom is 0.149 e. The fourth-order valence-corrected chi connectivity index (χ4v) is 1.56. The Morgan fingerprint density at radius 1 is 1.11 bits per heavy atom. The lowest BCUT2D eigenvalue weighted by atomic mass is 10.2. The smallest absolute Gasteiger partial charge is 0.149 e. The highest BCUT2D eigenvalue weighted by Gasteiger charge is 2.05. The van der Waals surface area contributed by atoms with Crippen LogP contribution in [0.4, 0.5) is 25.8 Å². The van der Waals surface area contributed by atoms with Gasteiger partial charge in [-0.2, -0.15) is 0 Å². The van der Waals surface area contributed by atoms with Crippen LogP contribution in [0, 0.1) is 11.6 Å². The lowest BCUT2D eigenvalue weighted by molar-refractivity contribution is 0.415. The van der Waals surface area contributed by atoms with Gasteiger partial charge in [-0.3, -0.25) is 0 Å². The second-order valence-corrected chi connectivity index (χ2v) is 3.74.